The van der Waals surface area contributed by atoms with Gasteiger partial charge in [-0.05, 0) is 43.6 Å². The topological polar surface area (TPSA) is 80.0 Å². The van der Waals surface area contributed by atoms with Crippen molar-refractivity contribution in [2.45, 2.75) is 39.2 Å². The molecule has 1 saturated heterocycles. The van der Waals surface area contributed by atoms with Gasteiger partial charge in [0.25, 0.3) is 0 Å². The summed E-state index contributed by atoms with van der Waals surface area (Å²) >= 11 is 1.78. The van der Waals surface area contributed by atoms with E-state index in [1.54, 1.807) is 16.2 Å². The lowest BCUT2D eigenvalue weighted by Gasteiger charge is -2.31. The van der Waals surface area contributed by atoms with Crippen molar-refractivity contribution in [3.05, 3.63) is 22.4 Å². The van der Waals surface area contributed by atoms with Gasteiger partial charge in [0.2, 0.25) is 0 Å². The number of piperidine rings is 1. The van der Waals surface area contributed by atoms with Crippen LogP contribution in [0.1, 0.15) is 31.6 Å². The van der Waals surface area contributed by atoms with E-state index in [0.29, 0.717) is 31.6 Å². The maximum Gasteiger partial charge on any atom is 0.409 e. The van der Waals surface area contributed by atoms with Crippen LogP contribution in [-0.4, -0.2) is 49.2 Å². The summed E-state index contributed by atoms with van der Waals surface area (Å²) in [6.07, 6.45) is 2.53. The molecule has 3 N–H and O–H groups in total. The van der Waals surface area contributed by atoms with Gasteiger partial charge in [-0.3, -0.25) is 4.99 Å². The molecule has 25 heavy (non-hydrogen) atoms. The molecule has 1 aromatic rings. The molecule has 0 bridgehead atoms. The number of guanidine groups is 1. The van der Waals surface area contributed by atoms with Crippen LogP contribution in [0, 0.1) is 5.92 Å². The smallest absolute Gasteiger partial charge is 0.409 e. The van der Waals surface area contributed by atoms with Gasteiger partial charge in [-0.25, -0.2) is 4.79 Å². The summed E-state index contributed by atoms with van der Waals surface area (Å²) in [5, 5.41) is 5.38. The maximum atomic E-state index is 11.7. The molecule has 1 aromatic heterocycles. The number of hydrogen-bond donors (Lipinski definition) is 2. The molecule has 1 aliphatic heterocycles. The Labute approximate surface area is 171 Å². The highest BCUT2D eigenvalue weighted by Gasteiger charge is 2.23. The predicted molar refractivity (Wildman–Crippen MR) is 114 cm³/mol. The average molecular weight is 480 g/mol. The summed E-state index contributed by atoms with van der Waals surface area (Å²) in [6, 6.07) is 4.50. The quantitative estimate of drug-likeness (QED) is 0.373. The fraction of sp³-hybridized carbons (Fsp3) is 0.647. The second-order valence-corrected chi connectivity index (χ2v) is 7.25. The number of halogens is 1. The minimum atomic E-state index is -0.222. The Bertz CT molecular complexity index is 531. The molecule has 0 aliphatic carbocycles. The average Bonchev–Trinajstić information content (AvgIpc) is 3.07. The molecule has 1 atom stereocenters. The summed E-state index contributed by atoms with van der Waals surface area (Å²) in [7, 11) is 0. The van der Waals surface area contributed by atoms with Gasteiger partial charge in [-0.2, -0.15) is 0 Å². The zero-order valence-electron chi connectivity index (χ0n) is 14.9. The van der Waals surface area contributed by atoms with E-state index in [9.17, 15) is 4.79 Å². The van der Waals surface area contributed by atoms with Crippen LogP contribution in [0.3, 0.4) is 0 Å². The van der Waals surface area contributed by atoms with E-state index in [1.165, 1.54) is 4.88 Å². The predicted octanol–water partition coefficient (Wildman–Crippen LogP) is 3.07. The second kappa shape index (κ2) is 11.6. The highest BCUT2D eigenvalue weighted by atomic mass is 127. The van der Waals surface area contributed by atoms with Gasteiger partial charge in [0.1, 0.15) is 0 Å². The molecule has 1 amide bonds. The molecule has 2 heterocycles. The third-order valence-electron chi connectivity index (χ3n) is 4.08. The Hall–Kier alpha value is -1.03. The monoisotopic (exact) mass is 480 g/mol. The highest BCUT2D eigenvalue weighted by molar-refractivity contribution is 14.0. The van der Waals surface area contributed by atoms with Gasteiger partial charge >= 0.3 is 6.09 Å². The Balaban J connectivity index is 0.00000312. The van der Waals surface area contributed by atoms with Crippen molar-refractivity contribution in [1.82, 2.24) is 10.2 Å². The van der Waals surface area contributed by atoms with Gasteiger partial charge in [-0.15, -0.1) is 35.3 Å². The van der Waals surface area contributed by atoms with Crippen LogP contribution in [0.4, 0.5) is 4.79 Å². The van der Waals surface area contributed by atoms with Crippen molar-refractivity contribution < 1.29 is 9.53 Å². The zero-order valence-corrected chi connectivity index (χ0v) is 18.1. The number of ether oxygens (including phenoxy) is 1. The van der Waals surface area contributed by atoms with E-state index in [2.05, 4.69) is 34.7 Å². The summed E-state index contributed by atoms with van der Waals surface area (Å²) in [5.74, 6) is 0.970. The number of amides is 1. The molecule has 2 rings (SSSR count). The summed E-state index contributed by atoms with van der Waals surface area (Å²) in [5.41, 5.74) is 6.00. The fourth-order valence-electron chi connectivity index (χ4n) is 2.77. The number of carbonyl (C=O) groups is 1. The zero-order chi connectivity index (χ0) is 17.4. The minimum absolute atomic E-state index is 0. The summed E-state index contributed by atoms with van der Waals surface area (Å²) < 4.78 is 5.02. The number of hydrogen-bond acceptors (Lipinski definition) is 4. The lowest BCUT2D eigenvalue weighted by Crippen LogP contribution is -2.48. The van der Waals surface area contributed by atoms with Gasteiger partial charge in [0.05, 0.1) is 6.61 Å². The minimum Gasteiger partial charge on any atom is -0.450 e. The standard InChI is InChI=1S/C17H28N4O2S.HI/c1-3-23-17(22)21-8-6-14(7-9-21)20-16(18)19-12-13(2)11-15-5-4-10-24-15;/h4-5,10,13-14H,3,6-9,11-12H2,1-2H3,(H3,18,19,20);1H. The first-order chi connectivity index (χ1) is 11.6. The Morgan fingerprint density at radius 1 is 1.52 bits per heavy atom. The van der Waals surface area contributed by atoms with Gasteiger partial charge in [0, 0.05) is 30.6 Å². The van der Waals surface area contributed by atoms with E-state index in [4.69, 9.17) is 10.5 Å². The Morgan fingerprint density at radius 2 is 2.24 bits per heavy atom. The largest absolute Gasteiger partial charge is 0.450 e. The number of aliphatic imine (C=N–C) groups is 1. The third-order valence-corrected chi connectivity index (χ3v) is 4.97. The molecule has 8 heteroatoms. The Kier molecular flexibility index (Phi) is 10.2. The van der Waals surface area contributed by atoms with Crippen molar-refractivity contribution >= 4 is 47.4 Å². The lowest BCUT2D eigenvalue weighted by atomic mass is 10.1. The van der Waals surface area contributed by atoms with Crippen molar-refractivity contribution in [2.75, 3.05) is 26.2 Å². The van der Waals surface area contributed by atoms with Gasteiger partial charge < -0.3 is 20.7 Å². The summed E-state index contributed by atoms with van der Waals surface area (Å²) in [4.78, 5) is 19.3. The third kappa shape index (κ3) is 7.81. The molecular weight excluding hydrogens is 451 g/mol. The van der Waals surface area contributed by atoms with Crippen LogP contribution < -0.4 is 11.1 Å². The number of rotatable bonds is 6. The molecule has 0 saturated carbocycles. The van der Waals surface area contributed by atoms with Crippen LogP contribution in [0.2, 0.25) is 0 Å². The van der Waals surface area contributed by atoms with E-state index < -0.39 is 0 Å². The molecule has 1 fully saturated rings. The second-order valence-electron chi connectivity index (χ2n) is 6.22. The molecule has 0 radical (unpaired) electrons. The van der Waals surface area contributed by atoms with E-state index in [1.807, 2.05) is 6.92 Å². The Morgan fingerprint density at radius 3 is 2.84 bits per heavy atom. The van der Waals surface area contributed by atoms with Gasteiger partial charge in [0.15, 0.2) is 5.96 Å². The van der Waals surface area contributed by atoms with Crippen LogP contribution >= 0.6 is 35.3 Å². The summed E-state index contributed by atoms with van der Waals surface area (Å²) in [6.45, 7) is 6.53. The van der Waals surface area contributed by atoms with Crippen molar-refractivity contribution in [2.24, 2.45) is 16.6 Å². The molecule has 1 unspecified atom stereocenters. The molecule has 0 spiro atoms. The molecule has 142 valence electrons. The van der Waals surface area contributed by atoms with Crippen LogP contribution in [-0.2, 0) is 11.2 Å². The number of thiophene rings is 1. The van der Waals surface area contributed by atoms with Crippen LogP contribution in [0.15, 0.2) is 22.5 Å². The van der Waals surface area contributed by atoms with Crippen molar-refractivity contribution in [1.29, 1.82) is 0 Å². The first-order valence-corrected chi connectivity index (χ1v) is 9.47. The maximum absolute atomic E-state index is 11.7. The number of nitrogens with two attached hydrogens (primary N) is 1. The molecule has 0 aromatic carbocycles. The van der Waals surface area contributed by atoms with Crippen LogP contribution in [0.25, 0.3) is 0 Å². The van der Waals surface area contributed by atoms with Crippen LogP contribution in [0.5, 0.6) is 0 Å². The number of nitrogens with zero attached hydrogens (tertiary/aromatic N) is 2. The number of nitrogens with one attached hydrogen (secondary N) is 1. The number of likely N-dealkylation sites (tertiary alicyclic amines) is 1. The lowest BCUT2D eigenvalue weighted by molar-refractivity contribution is 0.0963. The highest BCUT2D eigenvalue weighted by Crippen LogP contribution is 2.15. The van der Waals surface area contributed by atoms with E-state index in [-0.39, 0.29) is 36.1 Å². The molecule has 6 nitrogen and oxygen atoms in total. The van der Waals surface area contributed by atoms with Crippen molar-refractivity contribution in [3.63, 3.8) is 0 Å². The van der Waals surface area contributed by atoms with E-state index in [0.717, 1.165) is 25.8 Å². The normalized spacial score (nSPS) is 16.9. The van der Waals surface area contributed by atoms with E-state index >= 15 is 0 Å². The molecular formula is C17H29IN4O2S. The van der Waals surface area contributed by atoms with Gasteiger partial charge in [-0.1, -0.05) is 13.0 Å². The van der Waals surface area contributed by atoms with Crippen molar-refractivity contribution in [3.8, 4) is 0 Å². The number of carbonyl (C=O) groups excluding carboxylic acids is 1. The first-order valence-electron chi connectivity index (χ1n) is 8.59. The molecule has 1 aliphatic rings. The first kappa shape index (κ1) is 22.0. The SMILES string of the molecule is CCOC(=O)N1CCC(NC(N)=NCC(C)Cc2cccs2)CC1.I. The fourth-order valence-corrected chi connectivity index (χ4v) is 3.64.